The van der Waals surface area contributed by atoms with Gasteiger partial charge < -0.3 is 9.84 Å². The molecule has 0 spiro atoms. The van der Waals surface area contributed by atoms with Gasteiger partial charge in [-0.2, -0.15) is 4.98 Å². The fraction of sp³-hybridized carbons (Fsp3) is 0.389. The third kappa shape index (κ3) is 4.33. The summed E-state index contributed by atoms with van der Waals surface area (Å²) >= 11 is 0. The van der Waals surface area contributed by atoms with Crippen LogP contribution in [0.2, 0.25) is 0 Å². The van der Waals surface area contributed by atoms with Crippen molar-refractivity contribution >= 4 is 17.7 Å². The van der Waals surface area contributed by atoms with Crippen LogP contribution in [0.1, 0.15) is 55.9 Å². The molecule has 8 heteroatoms. The van der Waals surface area contributed by atoms with Gasteiger partial charge in [-0.25, -0.2) is 0 Å². The smallest absolute Gasteiger partial charge is 0.269 e. The number of hydrogen-bond acceptors (Lipinski definition) is 6. The Morgan fingerprint density at radius 3 is 2.62 bits per heavy atom. The molecule has 1 unspecified atom stereocenters. The number of rotatable bonds is 7. The maximum atomic E-state index is 12.2. The second kappa shape index (κ2) is 7.47. The van der Waals surface area contributed by atoms with Crippen LogP contribution >= 0.6 is 0 Å². The molecular formula is C18H20N4O4. The monoisotopic (exact) mass is 356 g/mol. The minimum absolute atomic E-state index is 0.00864. The molecule has 1 amide bonds. The molecule has 0 saturated heterocycles. The minimum Gasteiger partial charge on any atom is -0.340 e. The number of carbonyl (C=O) groups excluding carboxylic acids is 1. The summed E-state index contributed by atoms with van der Waals surface area (Å²) in [4.78, 5) is 26.8. The predicted octanol–water partition coefficient (Wildman–Crippen LogP) is 3.38. The molecule has 1 fully saturated rings. The van der Waals surface area contributed by atoms with Gasteiger partial charge >= 0.3 is 0 Å². The molecule has 1 atom stereocenters. The van der Waals surface area contributed by atoms with Crippen molar-refractivity contribution < 1.29 is 14.2 Å². The van der Waals surface area contributed by atoms with Crippen molar-refractivity contribution in [1.82, 2.24) is 15.5 Å². The number of nitrogens with zero attached hydrogens (tertiary/aromatic N) is 3. The van der Waals surface area contributed by atoms with Crippen molar-refractivity contribution in [2.45, 2.75) is 38.6 Å². The van der Waals surface area contributed by atoms with Gasteiger partial charge in [-0.3, -0.25) is 14.9 Å². The SMILES string of the molecule is CC(C)C(NC(=O)/C=C/c1ccc([N+](=O)[O-])cc1)c1nc(C2CC2)no1. The third-order valence-corrected chi connectivity index (χ3v) is 4.16. The van der Waals surface area contributed by atoms with E-state index in [1.165, 1.54) is 18.2 Å². The molecule has 0 radical (unpaired) electrons. The highest BCUT2D eigenvalue weighted by atomic mass is 16.6. The molecule has 1 aromatic heterocycles. The molecule has 1 N–H and O–H groups in total. The summed E-state index contributed by atoms with van der Waals surface area (Å²) < 4.78 is 5.32. The van der Waals surface area contributed by atoms with Crippen molar-refractivity contribution in [2.75, 3.05) is 0 Å². The predicted molar refractivity (Wildman–Crippen MR) is 94.1 cm³/mol. The molecule has 0 aliphatic heterocycles. The maximum absolute atomic E-state index is 12.2. The molecular weight excluding hydrogens is 336 g/mol. The summed E-state index contributed by atoms with van der Waals surface area (Å²) in [6.45, 7) is 3.93. The lowest BCUT2D eigenvalue weighted by atomic mass is 10.0. The number of carbonyl (C=O) groups is 1. The van der Waals surface area contributed by atoms with E-state index in [2.05, 4.69) is 15.5 Å². The molecule has 1 aromatic carbocycles. The molecule has 2 aromatic rings. The van der Waals surface area contributed by atoms with Crippen molar-refractivity contribution in [3.8, 4) is 0 Å². The van der Waals surface area contributed by atoms with E-state index in [-0.39, 0.29) is 23.6 Å². The Hall–Kier alpha value is -3.03. The topological polar surface area (TPSA) is 111 Å². The zero-order valence-electron chi connectivity index (χ0n) is 14.6. The van der Waals surface area contributed by atoms with Gasteiger partial charge in [0, 0.05) is 24.1 Å². The second-order valence-corrected chi connectivity index (χ2v) is 6.68. The zero-order valence-corrected chi connectivity index (χ0v) is 14.6. The largest absolute Gasteiger partial charge is 0.340 e. The number of nitro benzene ring substituents is 1. The van der Waals surface area contributed by atoms with E-state index in [0.717, 1.165) is 12.8 Å². The van der Waals surface area contributed by atoms with Gasteiger partial charge in [-0.15, -0.1) is 0 Å². The highest BCUT2D eigenvalue weighted by Gasteiger charge is 2.31. The second-order valence-electron chi connectivity index (χ2n) is 6.68. The van der Waals surface area contributed by atoms with Gasteiger partial charge in [0.05, 0.1) is 4.92 Å². The van der Waals surface area contributed by atoms with Crippen LogP contribution in [-0.4, -0.2) is 21.0 Å². The van der Waals surface area contributed by atoms with Gasteiger partial charge in [0.1, 0.15) is 6.04 Å². The van der Waals surface area contributed by atoms with Crippen molar-refractivity contribution in [3.05, 3.63) is 57.7 Å². The van der Waals surface area contributed by atoms with E-state index in [1.54, 1.807) is 18.2 Å². The Balaban J connectivity index is 1.64. The van der Waals surface area contributed by atoms with E-state index >= 15 is 0 Å². The highest BCUT2D eigenvalue weighted by Crippen LogP contribution is 2.38. The lowest BCUT2D eigenvalue weighted by Crippen LogP contribution is -2.30. The number of aromatic nitrogens is 2. The lowest BCUT2D eigenvalue weighted by Gasteiger charge is -2.17. The molecule has 136 valence electrons. The van der Waals surface area contributed by atoms with Crippen LogP contribution in [0.4, 0.5) is 5.69 Å². The summed E-state index contributed by atoms with van der Waals surface area (Å²) in [5.74, 6) is 1.30. The standard InChI is InChI=1S/C18H20N4O4/c1-11(2)16(18-20-17(21-26-18)13-6-7-13)19-15(23)10-5-12-3-8-14(9-4-12)22(24)25/h3-5,8-11,13,16H,6-7H2,1-2H3,(H,19,23)/b10-5+. The lowest BCUT2D eigenvalue weighted by molar-refractivity contribution is -0.384. The number of nitro groups is 1. The average molecular weight is 356 g/mol. The van der Waals surface area contributed by atoms with Crippen LogP contribution in [0.5, 0.6) is 0 Å². The Labute approximate surface area is 150 Å². The molecule has 1 heterocycles. The Morgan fingerprint density at radius 1 is 1.35 bits per heavy atom. The van der Waals surface area contributed by atoms with E-state index in [9.17, 15) is 14.9 Å². The average Bonchev–Trinajstić information content (AvgIpc) is 3.35. The maximum Gasteiger partial charge on any atom is 0.269 e. The third-order valence-electron chi connectivity index (χ3n) is 4.16. The van der Waals surface area contributed by atoms with E-state index < -0.39 is 4.92 Å². The highest BCUT2D eigenvalue weighted by molar-refractivity contribution is 5.91. The molecule has 1 saturated carbocycles. The van der Waals surface area contributed by atoms with E-state index in [1.807, 2.05) is 13.8 Å². The number of non-ortho nitro benzene ring substituents is 1. The number of nitrogens with one attached hydrogen (secondary N) is 1. The van der Waals surface area contributed by atoms with Crippen LogP contribution in [0, 0.1) is 16.0 Å². The number of amides is 1. The number of benzene rings is 1. The van der Waals surface area contributed by atoms with Crippen LogP contribution in [0.25, 0.3) is 6.08 Å². The van der Waals surface area contributed by atoms with E-state index in [4.69, 9.17) is 4.52 Å². The summed E-state index contributed by atoms with van der Waals surface area (Å²) in [5.41, 5.74) is 0.704. The molecule has 1 aliphatic rings. The molecule has 0 bridgehead atoms. The fourth-order valence-corrected chi connectivity index (χ4v) is 2.47. The van der Waals surface area contributed by atoms with Crippen LogP contribution in [-0.2, 0) is 4.79 Å². The zero-order chi connectivity index (χ0) is 18.7. The summed E-state index contributed by atoms with van der Waals surface area (Å²) in [7, 11) is 0. The summed E-state index contributed by atoms with van der Waals surface area (Å²) in [5, 5.41) is 17.5. The fourth-order valence-electron chi connectivity index (χ4n) is 2.47. The van der Waals surface area contributed by atoms with Gasteiger partial charge in [-0.05, 0) is 42.5 Å². The van der Waals surface area contributed by atoms with Crippen molar-refractivity contribution in [2.24, 2.45) is 5.92 Å². The Kier molecular flexibility index (Phi) is 5.11. The molecule has 8 nitrogen and oxygen atoms in total. The van der Waals surface area contributed by atoms with Crippen molar-refractivity contribution in [3.63, 3.8) is 0 Å². The first-order valence-electron chi connectivity index (χ1n) is 8.50. The summed E-state index contributed by atoms with van der Waals surface area (Å²) in [6.07, 6.45) is 5.14. The molecule has 26 heavy (non-hydrogen) atoms. The van der Waals surface area contributed by atoms with Crippen LogP contribution < -0.4 is 5.32 Å². The quantitative estimate of drug-likeness (QED) is 0.462. The first kappa shape index (κ1) is 17.8. The van der Waals surface area contributed by atoms with Gasteiger partial charge in [-0.1, -0.05) is 19.0 Å². The normalized spacial score (nSPS) is 15.3. The van der Waals surface area contributed by atoms with Gasteiger partial charge in [0.25, 0.3) is 5.69 Å². The molecule has 3 rings (SSSR count). The first-order chi connectivity index (χ1) is 12.4. The van der Waals surface area contributed by atoms with Gasteiger partial charge in [0.15, 0.2) is 5.82 Å². The van der Waals surface area contributed by atoms with Crippen LogP contribution in [0.3, 0.4) is 0 Å². The summed E-state index contributed by atoms with van der Waals surface area (Å²) in [6, 6.07) is 5.59. The first-order valence-corrected chi connectivity index (χ1v) is 8.50. The Bertz CT molecular complexity index is 822. The van der Waals surface area contributed by atoms with Crippen molar-refractivity contribution in [1.29, 1.82) is 0 Å². The molecule has 1 aliphatic carbocycles. The minimum atomic E-state index is -0.465. The number of hydrogen-bond donors (Lipinski definition) is 1. The van der Waals surface area contributed by atoms with Crippen LogP contribution in [0.15, 0.2) is 34.9 Å². The van der Waals surface area contributed by atoms with E-state index in [0.29, 0.717) is 23.2 Å². The Morgan fingerprint density at radius 2 is 2.04 bits per heavy atom. The van der Waals surface area contributed by atoms with Gasteiger partial charge in [0.2, 0.25) is 11.8 Å².